The lowest BCUT2D eigenvalue weighted by Crippen LogP contribution is -2.57. The topological polar surface area (TPSA) is 72.4 Å². The highest BCUT2D eigenvalue weighted by molar-refractivity contribution is 5.86. The largest absolute Gasteiger partial charge is 0.379 e. The highest BCUT2D eigenvalue weighted by Crippen LogP contribution is 2.16. The number of carbonyl (C=O) groups is 1. The van der Waals surface area contributed by atoms with Crippen LogP contribution in [-0.4, -0.2) is 99.8 Å². The van der Waals surface area contributed by atoms with Crippen LogP contribution < -0.4 is 15.5 Å². The number of guanidine groups is 1. The van der Waals surface area contributed by atoms with Gasteiger partial charge in [0.1, 0.15) is 0 Å². The van der Waals surface area contributed by atoms with E-state index in [-0.39, 0.29) is 18.0 Å². The van der Waals surface area contributed by atoms with Crippen LogP contribution in [0.3, 0.4) is 0 Å². The van der Waals surface area contributed by atoms with Crippen LogP contribution in [-0.2, 0) is 9.53 Å². The van der Waals surface area contributed by atoms with Crippen molar-refractivity contribution in [2.24, 2.45) is 4.99 Å². The number of hydrogen-bond acceptors (Lipinski definition) is 5. The highest BCUT2D eigenvalue weighted by atomic mass is 16.5. The second-order valence-corrected chi connectivity index (χ2v) is 8.39. The van der Waals surface area contributed by atoms with E-state index in [1.54, 1.807) is 7.05 Å². The van der Waals surface area contributed by atoms with Crippen LogP contribution in [0.1, 0.15) is 13.8 Å². The quantitative estimate of drug-likeness (QED) is 0.523. The van der Waals surface area contributed by atoms with Gasteiger partial charge in [0.15, 0.2) is 5.96 Å². The van der Waals surface area contributed by atoms with Gasteiger partial charge in [-0.25, -0.2) is 0 Å². The van der Waals surface area contributed by atoms with E-state index in [9.17, 15) is 4.79 Å². The molecule has 0 saturated carbocycles. The molecule has 2 aliphatic heterocycles. The van der Waals surface area contributed by atoms with E-state index >= 15 is 0 Å². The third kappa shape index (κ3) is 6.09. The number of rotatable bonds is 6. The van der Waals surface area contributed by atoms with Gasteiger partial charge in [-0.1, -0.05) is 18.2 Å². The first-order valence-corrected chi connectivity index (χ1v) is 10.8. The van der Waals surface area contributed by atoms with Crippen LogP contribution in [0.15, 0.2) is 35.3 Å². The average molecular weight is 417 g/mol. The maximum absolute atomic E-state index is 12.7. The van der Waals surface area contributed by atoms with Crippen LogP contribution in [0.2, 0.25) is 0 Å². The van der Waals surface area contributed by atoms with E-state index in [2.05, 4.69) is 63.5 Å². The molecule has 2 saturated heterocycles. The zero-order valence-corrected chi connectivity index (χ0v) is 18.6. The Morgan fingerprint density at radius 3 is 2.33 bits per heavy atom. The van der Waals surface area contributed by atoms with Crippen molar-refractivity contribution in [2.45, 2.75) is 19.4 Å². The van der Waals surface area contributed by atoms with Crippen molar-refractivity contribution in [1.82, 2.24) is 20.4 Å². The number of hydrogen-bond donors (Lipinski definition) is 2. The van der Waals surface area contributed by atoms with Gasteiger partial charge in [-0.15, -0.1) is 0 Å². The molecule has 2 N–H and O–H groups in total. The number of morpholine rings is 1. The van der Waals surface area contributed by atoms with Crippen molar-refractivity contribution in [3.63, 3.8) is 0 Å². The van der Waals surface area contributed by atoms with Gasteiger partial charge in [-0.2, -0.15) is 0 Å². The number of aliphatic imine (C=N–C) groups is 1. The molecular formula is C22H36N6O2. The van der Waals surface area contributed by atoms with E-state index in [1.807, 2.05) is 11.0 Å². The summed E-state index contributed by atoms with van der Waals surface area (Å²) in [7, 11) is 1.74. The van der Waals surface area contributed by atoms with Gasteiger partial charge in [0.05, 0.1) is 19.8 Å². The van der Waals surface area contributed by atoms with Gasteiger partial charge in [0, 0.05) is 64.1 Å². The summed E-state index contributed by atoms with van der Waals surface area (Å²) < 4.78 is 5.45. The lowest BCUT2D eigenvalue weighted by Gasteiger charge is -2.41. The van der Waals surface area contributed by atoms with Gasteiger partial charge >= 0.3 is 0 Å². The van der Waals surface area contributed by atoms with Crippen molar-refractivity contribution in [3.05, 3.63) is 30.3 Å². The Bertz CT molecular complexity index is 695. The first-order valence-electron chi connectivity index (χ1n) is 10.8. The van der Waals surface area contributed by atoms with Gasteiger partial charge in [-0.05, 0) is 26.0 Å². The fourth-order valence-corrected chi connectivity index (χ4v) is 3.93. The van der Waals surface area contributed by atoms with Crippen LogP contribution in [0.4, 0.5) is 5.69 Å². The molecule has 166 valence electrons. The number of amides is 1. The molecule has 2 fully saturated rings. The second kappa shape index (κ2) is 10.6. The third-order valence-corrected chi connectivity index (χ3v) is 5.94. The molecule has 0 spiro atoms. The normalized spacial score (nSPS) is 19.0. The summed E-state index contributed by atoms with van der Waals surface area (Å²) in [4.78, 5) is 23.6. The zero-order chi connectivity index (χ0) is 21.4. The monoisotopic (exact) mass is 416 g/mol. The lowest BCUT2D eigenvalue weighted by molar-refractivity contribution is -0.130. The molecule has 0 bridgehead atoms. The molecule has 8 nitrogen and oxygen atoms in total. The molecule has 1 amide bonds. The molecule has 1 aromatic carbocycles. The minimum atomic E-state index is -0.0147. The number of nitrogens with one attached hydrogen (secondary N) is 2. The van der Waals surface area contributed by atoms with Crippen LogP contribution in [0.25, 0.3) is 0 Å². The maximum atomic E-state index is 12.7. The van der Waals surface area contributed by atoms with Crippen LogP contribution in [0.5, 0.6) is 0 Å². The van der Waals surface area contributed by atoms with E-state index in [0.29, 0.717) is 5.96 Å². The van der Waals surface area contributed by atoms with Crippen molar-refractivity contribution in [1.29, 1.82) is 0 Å². The van der Waals surface area contributed by atoms with Gasteiger partial charge in [0.2, 0.25) is 5.91 Å². The first-order chi connectivity index (χ1) is 14.5. The summed E-state index contributed by atoms with van der Waals surface area (Å²) in [6.07, 6.45) is 0. The Morgan fingerprint density at radius 1 is 1.03 bits per heavy atom. The van der Waals surface area contributed by atoms with Gasteiger partial charge < -0.3 is 25.2 Å². The molecule has 0 radical (unpaired) electrons. The summed E-state index contributed by atoms with van der Waals surface area (Å²) in [5.74, 6) is 0.769. The summed E-state index contributed by atoms with van der Waals surface area (Å²) in [5, 5.41) is 6.55. The minimum absolute atomic E-state index is 0.0147. The minimum Gasteiger partial charge on any atom is -0.379 e. The third-order valence-electron chi connectivity index (χ3n) is 5.94. The molecule has 0 aliphatic carbocycles. The van der Waals surface area contributed by atoms with E-state index in [1.165, 1.54) is 5.69 Å². The van der Waals surface area contributed by atoms with Crippen LogP contribution in [0, 0.1) is 0 Å². The number of para-hydroxylation sites is 1. The number of carbonyl (C=O) groups excluding carboxylic acids is 1. The molecule has 0 unspecified atom stereocenters. The summed E-state index contributed by atoms with van der Waals surface area (Å²) in [5.41, 5.74) is 1.20. The van der Waals surface area contributed by atoms with Gasteiger partial charge in [0.25, 0.3) is 0 Å². The van der Waals surface area contributed by atoms with E-state index < -0.39 is 0 Å². The SMILES string of the molecule is CN=C(NCC(=O)N1CCN(c2ccccc2)CC1)NCC(C)(C)N1CCOCC1. The number of benzene rings is 1. The predicted molar refractivity (Wildman–Crippen MR) is 121 cm³/mol. The van der Waals surface area contributed by atoms with E-state index in [4.69, 9.17) is 4.74 Å². The molecule has 0 atom stereocenters. The molecule has 2 aliphatic rings. The highest BCUT2D eigenvalue weighted by Gasteiger charge is 2.28. The fraction of sp³-hybridized carbons (Fsp3) is 0.636. The summed E-state index contributed by atoms with van der Waals surface area (Å²) in [6.45, 7) is 12.1. The number of ether oxygens (including phenoxy) is 1. The standard InChI is InChI=1S/C22H36N6O2/c1-22(2,28-13-15-30-16-14-28)18-25-21(23-3)24-17-20(29)27-11-9-26(10-12-27)19-7-5-4-6-8-19/h4-8H,9-18H2,1-3H3,(H2,23,24,25). The zero-order valence-electron chi connectivity index (χ0n) is 18.6. The maximum Gasteiger partial charge on any atom is 0.242 e. The van der Waals surface area contributed by atoms with Gasteiger partial charge in [-0.3, -0.25) is 14.7 Å². The predicted octanol–water partition coefficient (Wildman–Crippen LogP) is 0.611. The van der Waals surface area contributed by atoms with Crippen molar-refractivity contribution >= 4 is 17.6 Å². The fourth-order valence-electron chi connectivity index (χ4n) is 3.93. The lowest BCUT2D eigenvalue weighted by atomic mass is 10.0. The van der Waals surface area contributed by atoms with Crippen LogP contribution >= 0.6 is 0 Å². The van der Waals surface area contributed by atoms with Crippen molar-refractivity contribution < 1.29 is 9.53 Å². The number of nitrogens with zero attached hydrogens (tertiary/aromatic N) is 4. The van der Waals surface area contributed by atoms with Crippen molar-refractivity contribution in [3.8, 4) is 0 Å². The molecule has 8 heteroatoms. The smallest absolute Gasteiger partial charge is 0.242 e. The molecular weight excluding hydrogens is 380 g/mol. The number of anilines is 1. The molecule has 3 rings (SSSR count). The Hall–Kier alpha value is -2.32. The number of piperazine rings is 1. The molecule has 2 heterocycles. The summed E-state index contributed by atoms with van der Waals surface area (Å²) in [6, 6.07) is 10.4. The Labute approximate surface area is 180 Å². The average Bonchev–Trinajstić information content (AvgIpc) is 2.80. The molecule has 30 heavy (non-hydrogen) atoms. The Kier molecular flexibility index (Phi) is 7.93. The first kappa shape index (κ1) is 22.4. The van der Waals surface area contributed by atoms with Crippen molar-refractivity contribution in [2.75, 3.05) is 77.5 Å². The Balaban J connectivity index is 1.40. The molecule has 1 aromatic rings. The molecule has 0 aromatic heterocycles. The van der Waals surface area contributed by atoms with E-state index in [0.717, 1.165) is 59.0 Å². The summed E-state index contributed by atoms with van der Waals surface area (Å²) >= 11 is 0. The Morgan fingerprint density at radius 2 is 1.70 bits per heavy atom. The second-order valence-electron chi connectivity index (χ2n) is 8.39.